The number of amides is 1. The molecule has 9 heteroatoms. The Morgan fingerprint density at radius 3 is 2.61 bits per heavy atom. The first-order valence-electron chi connectivity index (χ1n) is 9.22. The summed E-state index contributed by atoms with van der Waals surface area (Å²) >= 11 is 6.07. The topological polar surface area (TPSA) is 88.8 Å². The molecule has 31 heavy (non-hydrogen) atoms. The van der Waals surface area contributed by atoms with E-state index in [9.17, 15) is 13.2 Å². The molecule has 3 aromatic rings. The molecule has 0 saturated heterocycles. The monoisotopic (exact) mass is 460 g/mol. The molecule has 0 radical (unpaired) electrons. The zero-order valence-corrected chi connectivity index (χ0v) is 18.5. The number of anilines is 1. The highest BCUT2D eigenvalue weighted by Crippen LogP contribution is 2.32. The van der Waals surface area contributed by atoms with E-state index in [2.05, 4.69) is 5.32 Å². The first-order valence-corrected chi connectivity index (χ1v) is 11.4. The summed E-state index contributed by atoms with van der Waals surface area (Å²) in [6, 6.07) is 17.4. The van der Waals surface area contributed by atoms with E-state index in [1.165, 1.54) is 23.5 Å². The number of hydrogen-bond donors (Lipinski definition) is 1. The Labute approximate surface area is 185 Å². The number of nitrogens with zero attached hydrogens (tertiary/aromatic N) is 1. The van der Waals surface area contributed by atoms with Gasteiger partial charge in [-0.25, -0.2) is 8.42 Å². The second-order valence-corrected chi connectivity index (χ2v) is 9.23. The lowest BCUT2D eigenvalue weighted by molar-refractivity contribution is -0.111. The molecule has 0 bridgehead atoms. The maximum atomic E-state index is 12.4. The van der Waals surface area contributed by atoms with Crippen LogP contribution in [0.3, 0.4) is 0 Å². The summed E-state index contributed by atoms with van der Waals surface area (Å²) in [5, 5.41) is 3.19. The van der Waals surface area contributed by atoms with Crippen molar-refractivity contribution in [1.82, 2.24) is 4.31 Å². The van der Waals surface area contributed by atoms with Gasteiger partial charge < -0.3 is 14.5 Å². The van der Waals surface area contributed by atoms with E-state index in [1.54, 1.807) is 42.5 Å². The first-order chi connectivity index (χ1) is 14.7. The molecule has 0 fully saturated rings. The predicted octanol–water partition coefficient (Wildman–Crippen LogP) is 4.77. The van der Waals surface area contributed by atoms with E-state index in [-0.39, 0.29) is 6.54 Å². The van der Waals surface area contributed by atoms with E-state index in [4.69, 9.17) is 20.8 Å². The number of nitrogens with one attached hydrogen (secondary N) is 1. The number of ether oxygens (including phenoxy) is 1. The van der Waals surface area contributed by atoms with E-state index >= 15 is 0 Å². The van der Waals surface area contributed by atoms with Crippen LogP contribution in [0, 0.1) is 0 Å². The number of furan rings is 1. The highest BCUT2D eigenvalue weighted by atomic mass is 35.5. The molecule has 0 aliphatic rings. The van der Waals surface area contributed by atoms with Gasteiger partial charge in [0.15, 0.2) is 5.75 Å². The van der Waals surface area contributed by atoms with Crippen LogP contribution in [0.1, 0.15) is 11.5 Å². The number of halogens is 1. The van der Waals surface area contributed by atoms with Crippen LogP contribution in [0.15, 0.2) is 71.2 Å². The SMILES string of the molecule is CN(Cc1ccc(/C=C/C(=O)Nc2cc(Cl)ccc2Oc2ccccc2)o1)S(C)(=O)=O. The quantitative estimate of drug-likeness (QED) is 0.489. The van der Waals surface area contributed by atoms with Crippen LogP contribution in [0.4, 0.5) is 5.69 Å². The van der Waals surface area contributed by atoms with Crippen LogP contribution in [0.25, 0.3) is 6.08 Å². The second-order valence-electron chi connectivity index (χ2n) is 6.70. The van der Waals surface area contributed by atoms with E-state index in [0.29, 0.717) is 33.7 Å². The molecule has 0 unspecified atom stereocenters. The average molecular weight is 461 g/mol. The van der Waals surface area contributed by atoms with Gasteiger partial charge in [-0.2, -0.15) is 4.31 Å². The molecule has 0 aliphatic carbocycles. The maximum absolute atomic E-state index is 12.4. The molecule has 0 spiro atoms. The molecule has 3 rings (SSSR count). The van der Waals surface area contributed by atoms with Crippen molar-refractivity contribution in [3.63, 3.8) is 0 Å². The van der Waals surface area contributed by atoms with Gasteiger partial charge in [0.25, 0.3) is 0 Å². The molecule has 0 aliphatic heterocycles. The molecule has 1 N–H and O–H groups in total. The second kappa shape index (κ2) is 9.82. The van der Waals surface area contributed by atoms with E-state index in [1.807, 2.05) is 18.2 Å². The van der Waals surface area contributed by atoms with Gasteiger partial charge in [0.05, 0.1) is 18.5 Å². The number of hydrogen-bond acceptors (Lipinski definition) is 5. The van der Waals surface area contributed by atoms with Crippen molar-refractivity contribution < 1.29 is 22.4 Å². The van der Waals surface area contributed by atoms with Crippen molar-refractivity contribution in [2.75, 3.05) is 18.6 Å². The Hall–Kier alpha value is -3.07. The third-order valence-corrected chi connectivity index (χ3v) is 5.69. The zero-order chi connectivity index (χ0) is 22.4. The minimum absolute atomic E-state index is 0.0988. The normalized spacial score (nSPS) is 11.7. The van der Waals surface area contributed by atoms with E-state index < -0.39 is 15.9 Å². The molecule has 0 saturated carbocycles. The number of para-hydroxylation sites is 1. The van der Waals surface area contributed by atoms with Gasteiger partial charge in [-0.15, -0.1) is 0 Å². The van der Waals surface area contributed by atoms with Crippen LogP contribution >= 0.6 is 11.6 Å². The Kier molecular flexibility index (Phi) is 7.17. The maximum Gasteiger partial charge on any atom is 0.248 e. The minimum atomic E-state index is -3.31. The van der Waals surface area contributed by atoms with Gasteiger partial charge in [0.2, 0.25) is 15.9 Å². The van der Waals surface area contributed by atoms with Gasteiger partial charge in [-0.05, 0) is 48.5 Å². The molecular weight excluding hydrogens is 440 g/mol. The van der Waals surface area contributed by atoms with Gasteiger partial charge >= 0.3 is 0 Å². The van der Waals surface area contributed by atoms with Gasteiger partial charge in [-0.1, -0.05) is 29.8 Å². The summed E-state index contributed by atoms with van der Waals surface area (Å²) in [4.78, 5) is 12.4. The third-order valence-electron chi connectivity index (χ3n) is 4.20. The summed E-state index contributed by atoms with van der Waals surface area (Å²) in [5.41, 5.74) is 0.418. The Bertz CT molecular complexity index is 1190. The van der Waals surface area contributed by atoms with Crippen molar-refractivity contribution in [2.24, 2.45) is 0 Å². The highest BCUT2D eigenvalue weighted by molar-refractivity contribution is 7.88. The Balaban J connectivity index is 1.67. The molecule has 7 nitrogen and oxygen atoms in total. The highest BCUT2D eigenvalue weighted by Gasteiger charge is 2.13. The molecule has 1 heterocycles. The lowest BCUT2D eigenvalue weighted by atomic mass is 10.2. The minimum Gasteiger partial charge on any atom is -0.460 e. The van der Waals surface area contributed by atoms with Crippen molar-refractivity contribution in [3.8, 4) is 11.5 Å². The van der Waals surface area contributed by atoms with E-state index in [0.717, 1.165) is 6.26 Å². The van der Waals surface area contributed by atoms with Gasteiger partial charge in [-0.3, -0.25) is 4.79 Å². The molecule has 1 amide bonds. The van der Waals surface area contributed by atoms with Crippen molar-refractivity contribution >= 4 is 39.3 Å². The largest absolute Gasteiger partial charge is 0.460 e. The summed E-state index contributed by atoms with van der Waals surface area (Å²) < 4.78 is 35.5. The average Bonchev–Trinajstić information content (AvgIpc) is 3.16. The van der Waals surface area contributed by atoms with Crippen LogP contribution in [0.5, 0.6) is 11.5 Å². The lowest BCUT2D eigenvalue weighted by Gasteiger charge is -2.12. The van der Waals surface area contributed by atoms with Crippen LogP contribution in [-0.2, 0) is 21.4 Å². The standard InChI is InChI=1S/C22H21ClN2O5S/c1-25(31(2,27)28)15-19-10-9-18(29-19)11-13-22(26)24-20-14-16(23)8-12-21(20)30-17-6-4-3-5-7-17/h3-14H,15H2,1-2H3,(H,24,26)/b13-11+. The fraction of sp³-hybridized carbons (Fsp3) is 0.136. The van der Waals surface area contributed by atoms with Crippen molar-refractivity contribution in [2.45, 2.75) is 6.54 Å². The predicted molar refractivity (Wildman–Crippen MR) is 121 cm³/mol. The first kappa shape index (κ1) is 22.6. The summed E-state index contributed by atoms with van der Waals surface area (Å²) in [7, 11) is -1.85. The smallest absolute Gasteiger partial charge is 0.248 e. The number of benzene rings is 2. The third kappa shape index (κ3) is 6.71. The molecule has 2 aromatic carbocycles. The Morgan fingerprint density at radius 1 is 1.16 bits per heavy atom. The van der Waals surface area contributed by atoms with Crippen molar-refractivity contribution in [3.05, 3.63) is 83.3 Å². The van der Waals surface area contributed by atoms with Crippen molar-refractivity contribution in [1.29, 1.82) is 0 Å². The molecule has 162 valence electrons. The number of carbonyl (C=O) groups excluding carboxylic acids is 1. The number of rotatable bonds is 8. The zero-order valence-electron chi connectivity index (χ0n) is 16.9. The van der Waals surface area contributed by atoms with Gasteiger partial charge in [0, 0.05) is 18.1 Å². The summed E-state index contributed by atoms with van der Waals surface area (Å²) in [6.07, 6.45) is 3.91. The van der Waals surface area contributed by atoms with Crippen LogP contribution in [-0.4, -0.2) is 31.9 Å². The van der Waals surface area contributed by atoms with Crippen LogP contribution < -0.4 is 10.1 Å². The molecule has 1 aromatic heterocycles. The fourth-order valence-corrected chi connectivity index (χ4v) is 3.08. The summed E-state index contributed by atoms with van der Waals surface area (Å²) in [5.74, 6) is 1.53. The van der Waals surface area contributed by atoms with Gasteiger partial charge in [0.1, 0.15) is 17.3 Å². The fourth-order valence-electron chi connectivity index (χ4n) is 2.54. The Morgan fingerprint density at radius 2 is 1.90 bits per heavy atom. The molecule has 0 atom stereocenters. The number of carbonyl (C=O) groups is 1. The molecular formula is C22H21ClN2O5S. The lowest BCUT2D eigenvalue weighted by Crippen LogP contribution is -2.24. The summed E-state index contributed by atoms with van der Waals surface area (Å²) in [6.45, 7) is 0.0988. The van der Waals surface area contributed by atoms with Crippen LogP contribution in [0.2, 0.25) is 5.02 Å². The number of sulfonamides is 1.